The van der Waals surface area contributed by atoms with Gasteiger partial charge in [0.25, 0.3) is 0 Å². The molecule has 1 aromatic rings. The van der Waals surface area contributed by atoms with E-state index in [4.69, 9.17) is 12.2 Å². The Labute approximate surface area is 143 Å². The van der Waals surface area contributed by atoms with Gasteiger partial charge in [-0.25, -0.2) is 4.79 Å². The van der Waals surface area contributed by atoms with Gasteiger partial charge in [0.05, 0.1) is 12.1 Å². The first-order valence-electron chi connectivity index (χ1n) is 7.44. The van der Waals surface area contributed by atoms with Gasteiger partial charge in [-0.1, -0.05) is 13.8 Å². The summed E-state index contributed by atoms with van der Waals surface area (Å²) in [4.78, 5) is 13.8. The molecule has 0 unspecified atom stereocenters. The second-order valence-electron chi connectivity index (χ2n) is 5.51. The molecule has 0 saturated carbocycles. The van der Waals surface area contributed by atoms with Crippen LogP contribution in [0.25, 0.3) is 0 Å². The number of thiocarbonyl (C=S) groups is 1. The Balaban J connectivity index is 2.01. The van der Waals surface area contributed by atoms with Gasteiger partial charge in [-0.05, 0) is 49.3 Å². The molecule has 2 rings (SSSR count). The third kappa shape index (κ3) is 4.28. The highest BCUT2D eigenvalue weighted by Crippen LogP contribution is 2.26. The molecule has 1 heterocycles. The molecule has 1 aliphatic heterocycles. The van der Waals surface area contributed by atoms with Crippen molar-refractivity contribution in [3.63, 3.8) is 0 Å². The number of hydrogen-bond acceptors (Lipinski definition) is 3. The van der Waals surface area contributed by atoms with Gasteiger partial charge >= 0.3 is 12.4 Å². The van der Waals surface area contributed by atoms with Crippen LogP contribution in [0.4, 0.5) is 23.7 Å². The van der Waals surface area contributed by atoms with Crippen molar-refractivity contribution in [3.8, 4) is 5.75 Å². The Morgan fingerprint density at radius 1 is 1.33 bits per heavy atom. The lowest BCUT2D eigenvalue weighted by molar-refractivity contribution is -0.274. The monoisotopic (exact) mass is 361 g/mol. The molecule has 1 fully saturated rings. The highest BCUT2D eigenvalue weighted by atomic mass is 32.1. The largest absolute Gasteiger partial charge is 0.573 e. The fourth-order valence-corrected chi connectivity index (χ4v) is 2.82. The molecule has 132 valence electrons. The van der Waals surface area contributed by atoms with Crippen molar-refractivity contribution in [2.75, 3.05) is 11.9 Å². The Bertz CT molecular complexity index is 615. The lowest BCUT2D eigenvalue weighted by Gasteiger charge is -2.25. The highest BCUT2D eigenvalue weighted by molar-refractivity contribution is 7.80. The number of rotatable bonds is 4. The van der Waals surface area contributed by atoms with E-state index in [-0.39, 0.29) is 11.3 Å². The van der Waals surface area contributed by atoms with Gasteiger partial charge < -0.3 is 15.4 Å². The van der Waals surface area contributed by atoms with Crippen LogP contribution in [0.2, 0.25) is 0 Å². The molecule has 2 amide bonds. The number of ether oxygens (including phenoxy) is 1. The van der Waals surface area contributed by atoms with Crippen molar-refractivity contribution in [2.45, 2.75) is 38.6 Å². The zero-order valence-corrected chi connectivity index (χ0v) is 14.1. The summed E-state index contributed by atoms with van der Waals surface area (Å²) < 4.78 is 40.1. The Morgan fingerprint density at radius 3 is 2.38 bits per heavy atom. The number of benzene rings is 1. The summed E-state index contributed by atoms with van der Waals surface area (Å²) in [6, 6.07) is 4.50. The van der Waals surface area contributed by atoms with Gasteiger partial charge in [-0.15, -0.1) is 13.2 Å². The zero-order valence-electron chi connectivity index (χ0n) is 13.2. The molecule has 1 aromatic carbocycles. The van der Waals surface area contributed by atoms with Crippen molar-refractivity contribution in [3.05, 3.63) is 24.3 Å². The topological polar surface area (TPSA) is 53.6 Å². The van der Waals surface area contributed by atoms with Crippen LogP contribution < -0.4 is 15.4 Å². The molecule has 9 heteroatoms. The smallest absolute Gasteiger partial charge is 0.406 e. The van der Waals surface area contributed by atoms with E-state index < -0.39 is 12.4 Å². The van der Waals surface area contributed by atoms with Crippen LogP contribution in [0.3, 0.4) is 0 Å². The van der Waals surface area contributed by atoms with Crippen molar-refractivity contribution in [1.29, 1.82) is 0 Å². The van der Waals surface area contributed by atoms with E-state index >= 15 is 0 Å². The molecular formula is C15H18F3N3O2S. The lowest BCUT2D eigenvalue weighted by atomic mass is 9.94. The normalized spacial score (nSPS) is 16.7. The van der Waals surface area contributed by atoms with Crippen LogP contribution >= 0.6 is 12.2 Å². The first-order chi connectivity index (χ1) is 11.2. The predicted octanol–water partition coefficient (Wildman–Crippen LogP) is 3.87. The first kappa shape index (κ1) is 18.3. The van der Waals surface area contributed by atoms with E-state index in [0.29, 0.717) is 17.3 Å². The quantitative estimate of drug-likeness (QED) is 0.800. The number of nitrogens with one attached hydrogen (secondary N) is 2. The third-order valence-electron chi connectivity index (χ3n) is 4.02. The van der Waals surface area contributed by atoms with Gasteiger partial charge in [0, 0.05) is 5.69 Å². The second kappa shape index (κ2) is 6.84. The number of halogens is 3. The number of anilines is 1. The van der Waals surface area contributed by atoms with Crippen LogP contribution in [-0.4, -0.2) is 34.5 Å². The molecule has 0 radical (unpaired) electrons. The van der Waals surface area contributed by atoms with Crippen molar-refractivity contribution in [1.82, 2.24) is 10.2 Å². The second-order valence-corrected chi connectivity index (χ2v) is 5.89. The number of carbonyl (C=O) groups excluding carboxylic acids is 1. The average molecular weight is 361 g/mol. The van der Waals surface area contributed by atoms with E-state index in [1.54, 1.807) is 0 Å². The molecule has 1 aliphatic rings. The summed E-state index contributed by atoms with van der Waals surface area (Å²) in [7, 11) is 0. The Hall–Kier alpha value is -2.03. The van der Waals surface area contributed by atoms with Crippen LogP contribution in [0.5, 0.6) is 5.75 Å². The number of urea groups is 1. The minimum absolute atomic E-state index is 0.237. The van der Waals surface area contributed by atoms with Crippen LogP contribution in [0.15, 0.2) is 24.3 Å². The molecule has 0 aliphatic carbocycles. The lowest BCUT2D eigenvalue weighted by Crippen LogP contribution is -2.42. The summed E-state index contributed by atoms with van der Waals surface area (Å²) >= 11 is 5.20. The van der Waals surface area contributed by atoms with Crippen LogP contribution in [-0.2, 0) is 0 Å². The van der Waals surface area contributed by atoms with Gasteiger partial charge in [-0.3, -0.25) is 4.90 Å². The van der Waals surface area contributed by atoms with E-state index in [0.717, 1.165) is 25.0 Å². The third-order valence-corrected chi connectivity index (χ3v) is 4.34. The number of carbonyl (C=O) groups is 1. The summed E-state index contributed by atoms with van der Waals surface area (Å²) in [5.41, 5.74) is 0.113. The molecule has 0 aromatic heterocycles. The average Bonchev–Trinajstić information content (AvgIpc) is 2.86. The van der Waals surface area contributed by atoms with Gasteiger partial charge in [0.2, 0.25) is 0 Å². The maximum absolute atomic E-state index is 12.3. The number of hydrogen-bond donors (Lipinski definition) is 2. The first-order valence-corrected chi connectivity index (χ1v) is 7.85. The Morgan fingerprint density at radius 2 is 1.92 bits per heavy atom. The highest BCUT2D eigenvalue weighted by Gasteiger charge is 2.40. The maximum atomic E-state index is 12.3. The minimum Gasteiger partial charge on any atom is -0.406 e. The van der Waals surface area contributed by atoms with Gasteiger partial charge in [0.1, 0.15) is 5.75 Å². The van der Waals surface area contributed by atoms with Crippen molar-refractivity contribution >= 4 is 29.0 Å². The standard InChI is InChI=1S/C15H18F3N3O2S/c1-3-14(4-2)9-21(13(24)20-14)12(22)19-10-5-7-11(8-6-10)23-15(16,17)18/h5-8H,3-4,9H2,1-2H3,(H,19,22)(H,20,24). The predicted molar refractivity (Wildman–Crippen MR) is 87.9 cm³/mol. The zero-order chi connectivity index (χ0) is 18.0. The van der Waals surface area contributed by atoms with Gasteiger partial charge in [0.15, 0.2) is 5.11 Å². The SMILES string of the molecule is CCC1(CC)CN(C(=O)Nc2ccc(OC(F)(F)F)cc2)C(=S)N1. The van der Waals surface area contributed by atoms with Crippen molar-refractivity contribution < 1.29 is 22.7 Å². The summed E-state index contributed by atoms with van der Waals surface area (Å²) in [5, 5.41) is 6.12. The summed E-state index contributed by atoms with van der Waals surface area (Å²) in [6.07, 6.45) is -3.12. The van der Waals surface area contributed by atoms with Crippen molar-refractivity contribution in [2.24, 2.45) is 0 Å². The fraction of sp³-hybridized carbons (Fsp3) is 0.467. The van der Waals surface area contributed by atoms with Crippen LogP contribution in [0, 0.1) is 0 Å². The summed E-state index contributed by atoms with van der Waals surface area (Å²) in [5.74, 6) is -0.352. The van der Waals surface area contributed by atoms with Gasteiger partial charge in [-0.2, -0.15) is 0 Å². The van der Waals surface area contributed by atoms with E-state index in [2.05, 4.69) is 15.4 Å². The summed E-state index contributed by atoms with van der Waals surface area (Å²) in [6.45, 7) is 4.47. The molecule has 0 atom stereocenters. The molecule has 24 heavy (non-hydrogen) atoms. The molecule has 1 saturated heterocycles. The number of nitrogens with zero attached hydrogens (tertiary/aromatic N) is 1. The number of alkyl halides is 3. The van der Waals surface area contributed by atoms with Crippen LogP contribution in [0.1, 0.15) is 26.7 Å². The maximum Gasteiger partial charge on any atom is 0.573 e. The van der Waals surface area contributed by atoms with E-state index in [1.165, 1.54) is 17.0 Å². The fourth-order valence-electron chi connectivity index (χ4n) is 2.45. The van der Waals surface area contributed by atoms with E-state index in [1.807, 2.05) is 13.8 Å². The number of amides is 2. The Kier molecular flexibility index (Phi) is 5.22. The molecule has 2 N–H and O–H groups in total. The molecule has 5 nitrogen and oxygen atoms in total. The molecule has 0 bridgehead atoms. The van der Waals surface area contributed by atoms with E-state index in [9.17, 15) is 18.0 Å². The minimum atomic E-state index is -4.75. The molecular weight excluding hydrogens is 343 g/mol. The molecule has 0 spiro atoms.